The van der Waals surface area contributed by atoms with Gasteiger partial charge in [0.2, 0.25) is 11.8 Å². The molecular weight excluding hydrogens is 272 g/mol. The van der Waals surface area contributed by atoms with E-state index in [1.807, 2.05) is 0 Å². The van der Waals surface area contributed by atoms with Gasteiger partial charge in [0.05, 0.1) is 13.5 Å². The monoisotopic (exact) mass is 288 g/mol. The number of benzene rings is 1. The number of imide groups is 1. The number of hydrogen-bond acceptors (Lipinski definition) is 4. The maximum Gasteiger partial charge on any atom is 0.254 e. The zero-order valence-corrected chi connectivity index (χ0v) is 11.7. The molecule has 110 valence electrons. The number of carbonyl (C=O) groups is 3. The molecule has 0 bridgehead atoms. The number of hydrogen-bond donors (Lipinski definition) is 1. The second-order valence-corrected chi connectivity index (χ2v) is 5.30. The van der Waals surface area contributed by atoms with Crippen LogP contribution in [0.3, 0.4) is 0 Å². The van der Waals surface area contributed by atoms with E-state index in [4.69, 9.17) is 4.74 Å². The van der Waals surface area contributed by atoms with Gasteiger partial charge in [0.25, 0.3) is 5.91 Å². The van der Waals surface area contributed by atoms with Gasteiger partial charge in [-0.1, -0.05) is 0 Å². The van der Waals surface area contributed by atoms with E-state index in [2.05, 4.69) is 5.32 Å². The number of amides is 3. The van der Waals surface area contributed by atoms with E-state index >= 15 is 0 Å². The summed E-state index contributed by atoms with van der Waals surface area (Å²) in [4.78, 5) is 37.4. The lowest BCUT2D eigenvalue weighted by atomic mass is 10.1. The Labute approximate surface area is 122 Å². The van der Waals surface area contributed by atoms with Gasteiger partial charge in [-0.3, -0.25) is 19.7 Å². The van der Waals surface area contributed by atoms with E-state index in [1.165, 1.54) is 0 Å². The van der Waals surface area contributed by atoms with E-state index in [-0.39, 0.29) is 30.2 Å². The Morgan fingerprint density at radius 3 is 2.38 bits per heavy atom. The summed E-state index contributed by atoms with van der Waals surface area (Å²) in [6.07, 6.45) is 1.80. The summed E-state index contributed by atoms with van der Waals surface area (Å²) in [7, 11) is 1.56. The minimum atomic E-state index is -0.681. The number of rotatable bonds is 4. The molecule has 1 atom stereocenters. The minimum absolute atomic E-state index is 0.0528. The number of carbonyl (C=O) groups excluding carboxylic acids is 3. The predicted molar refractivity (Wildman–Crippen MR) is 73.7 cm³/mol. The molecule has 1 saturated carbocycles. The van der Waals surface area contributed by atoms with E-state index in [0.717, 1.165) is 12.8 Å². The van der Waals surface area contributed by atoms with Crippen LogP contribution >= 0.6 is 0 Å². The molecule has 1 aliphatic heterocycles. The lowest BCUT2D eigenvalue weighted by Crippen LogP contribution is -2.45. The van der Waals surface area contributed by atoms with Gasteiger partial charge in [-0.15, -0.1) is 0 Å². The van der Waals surface area contributed by atoms with Crippen molar-refractivity contribution in [2.75, 3.05) is 7.11 Å². The summed E-state index contributed by atoms with van der Waals surface area (Å²) >= 11 is 0. The highest BCUT2D eigenvalue weighted by molar-refractivity contribution is 6.08. The smallest absolute Gasteiger partial charge is 0.254 e. The molecule has 6 nitrogen and oxygen atoms in total. The SMILES string of the molecule is COc1ccc(C(=O)N(C2CC2)C2CC(=O)NC2=O)cc1. The summed E-state index contributed by atoms with van der Waals surface area (Å²) in [5.74, 6) is -0.250. The first kappa shape index (κ1) is 13.6. The van der Waals surface area contributed by atoms with Crippen LogP contribution in [0.25, 0.3) is 0 Å². The predicted octanol–water partition coefficient (Wildman–Crippen LogP) is 0.715. The molecule has 1 unspecified atom stereocenters. The van der Waals surface area contributed by atoms with Crippen molar-refractivity contribution in [3.05, 3.63) is 29.8 Å². The molecule has 1 aromatic rings. The summed E-state index contributed by atoms with van der Waals surface area (Å²) in [6.45, 7) is 0. The largest absolute Gasteiger partial charge is 0.497 e. The van der Waals surface area contributed by atoms with Gasteiger partial charge < -0.3 is 9.64 Å². The maximum absolute atomic E-state index is 12.7. The normalized spacial score (nSPS) is 21.1. The maximum atomic E-state index is 12.7. The van der Waals surface area contributed by atoms with Gasteiger partial charge in [-0.05, 0) is 37.1 Å². The summed E-state index contributed by atoms with van der Waals surface area (Å²) in [6, 6.07) is 6.13. The van der Waals surface area contributed by atoms with Gasteiger partial charge >= 0.3 is 0 Å². The summed E-state index contributed by atoms with van der Waals surface area (Å²) in [5.41, 5.74) is 0.495. The summed E-state index contributed by atoms with van der Waals surface area (Å²) < 4.78 is 5.07. The number of ether oxygens (including phenoxy) is 1. The summed E-state index contributed by atoms with van der Waals surface area (Å²) in [5, 5.41) is 2.26. The van der Waals surface area contributed by atoms with Crippen molar-refractivity contribution >= 4 is 17.7 Å². The van der Waals surface area contributed by atoms with Crippen molar-refractivity contribution in [3.63, 3.8) is 0 Å². The Kier molecular flexibility index (Phi) is 3.37. The lowest BCUT2D eigenvalue weighted by molar-refractivity contribution is -0.126. The Bertz CT molecular complexity index is 592. The number of methoxy groups -OCH3 is 1. The topological polar surface area (TPSA) is 75.7 Å². The third kappa shape index (κ3) is 2.61. The van der Waals surface area contributed by atoms with Crippen molar-refractivity contribution in [3.8, 4) is 5.75 Å². The van der Waals surface area contributed by atoms with Crippen molar-refractivity contribution in [1.29, 1.82) is 0 Å². The van der Waals surface area contributed by atoms with Gasteiger partial charge in [-0.2, -0.15) is 0 Å². The van der Waals surface area contributed by atoms with Crippen LogP contribution in [0.5, 0.6) is 5.75 Å². The lowest BCUT2D eigenvalue weighted by Gasteiger charge is -2.26. The fraction of sp³-hybridized carbons (Fsp3) is 0.400. The molecule has 0 radical (unpaired) electrons. The highest BCUT2D eigenvalue weighted by Gasteiger charge is 2.44. The Balaban J connectivity index is 1.84. The van der Waals surface area contributed by atoms with Gasteiger partial charge in [0.15, 0.2) is 0 Å². The minimum Gasteiger partial charge on any atom is -0.497 e. The van der Waals surface area contributed by atoms with Crippen LogP contribution in [-0.2, 0) is 9.59 Å². The second kappa shape index (κ2) is 5.20. The Morgan fingerprint density at radius 1 is 1.24 bits per heavy atom. The highest BCUT2D eigenvalue weighted by Crippen LogP contribution is 2.32. The molecule has 1 saturated heterocycles. The molecule has 1 aromatic carbocycles. The molecule has 6 heteroatoms. The first-order valence-electron chi connectivity index (χ1n) is 6.90. The average molecular weight is 288 g/mol. The number of nitrogens with zero attached hydrogens (tertiary/aromatic N) is 1. The molecular formula is C15H16N2O4. The van der Waals surface area contributed by atoms with Crippen molar-refractivity contribution in [1.82, 2.24) is 10.2 Å². The van der Waals surface area contributed by atoms with Crippen LogP contribution in [-0.4, -0.2) is 41.8 Å². The quantitative estimate of drug-likeness (QED) is 0.828. The standard InChI is InChI=1S/C15H16N2O4/c1-21-11-6-2-9(3-7-11)15(20)17(10-4-5-10)12-8-13(18)16-14(12)19/h2-3,6-7,10,12H,4-5,8H2,1H3,(H,16,18,19). The fourth-order valence-corrected chi connectivity index (χ4v) is 2.56. The zero-order valence-electron chi connectivity index (χ0n) is 11.7. The Morgan fingerprint density at radius 2 is 1.90 bits per heavy atom. The van der Waals surface area contributed by atoms with E-state index in [1.54, 1.807) is 36.3 Å². The highest BCUT2D eigenvalue weighted by atomic mass is 16.5. The third-order valence-electron chi connectivity index (χ3n) is 3.79. The zero-order chi connectivity index (χ0) is 15.0. The van der Waals surface area contributed by atoms with Gasteiger partial charge in [0, 0.05) is 11.6 Å². The molecule has 3 rings (SSSR count). The molecule has 0 spiro atoms. The van der Waals surface area contributed by atoms with E-state index < -0.39 is 6.04 Å². The van der Waals surface area contributed by atoms with Crippen molar-refractivity contribution < 1.29 is 19.1 Å². The fourth-order valence-electron chi connectivity index (χ4n) is 2.56. The van der Waals surface area contributed by atoms with Crippen LogP contribution < -0.4 is 10.1 Å². The van der Waals surface area contributed by atoms with Gasteiger partial charge in [-0.25, -0.2) is 0 Å². The molecule has 3 amide bonds. The van der Waals surface area contributed by atoms with Crippen LogP contribution in [0, 0.1) is 0 Å². The molecule has 21 heavy (non-hydrogen) atoms. The van der Waals surface area contributed by atoms with Crippen molar-refractivity contribution in [2.24, 2.45) is 0 Å². The second-order valence-electron chi connectivity index (χ2n) is 5.30. The molecule has 1 N–H and O–H groups in total. The molecule has 0 aromatic heterocycles. The first-order valence-corrected chi connectivity index (χ1v) is 6.90. The van der Waals surface area contributed by atoms with Crippen LogP contribution in [0.15, 0.2) is 24.3 Å². The van der Waals surface area contributed by atoms with Gasteiger partial charge in [0.1, 0.15) is 11.8 Å². The van der Waals surface area contributed by atoms with Crippen LogP contribution in [0.4, 0.5) is 0 Å². The van der Waals surface area contributed by atoms with Crippen LogP contribution in [0.2, 0.25) is 0 Å². The average Bonchev–Trinajstić information content (AvgIpc) is 3.25. The molecule has 2 fully saturated rings. The van der Waals surface area contributed by atoms with Crippen LogP contribution in [0.1, 0.15) is 29.6 Å². The number of nitrogens with one attached hydrogen (secondary N) is 1. The Hall–Kier alpha value is -2.37. The van der Waals surface area contributed by atoms with Crippen molar-refractivity contribution in [2.45, 2.75) is 31.3 Å². The molecule has 1 heterocycles. The molecule has 1 aliphatic carbocycles. The first-order chi connectivity index (χ1) is 10.1. The third-order valence-corrected chi connectivity index (χ3v) is 3.79. The van der Waals surface area contributed by atoms with E-state index in [9.17, 15) is 14.4 Å². The van der Waals surface area contributed by atoms with E-state index in [0.29, 0.717) is 11.3 Å². The molecule has 2 aliphatic rings.